The maximum atomic E-state index is 13.0. The molecule has 0 unspecified atom stereocenters. The number of nitrogens with one attached hydrogen (secondary N) is 1. The van der Waals surface area contributed by atoms with Crippen molar-refractivity contribution in [1.82, 2.24) is 10.2 Å². The molecule has 3 aromatic rings. The largest absolute Gasteiger partial charge is 0.493 e. The standard InChI is InChI=1S/C26H28N2O5/c1-5-32-23-15-19(13-14-22(23)31-4)26(3)16-28(25(30)33-26)24(29)27-17(2)20-12-8-10-18-9-6-7-11-21(18)20/h6-15,17H,5,16H2,1-4H3,(H,27,29)/t17-,26+/m1/s1. The molecule has 3 amide bonds. The van der Waals surface area contributed by atoms with E-state index in [1.807, 2.05) is 62.4 Å². The lowest BCUT2D eigenvalue weighted by Crippen LogP contribution is -2.42. The van der Waals surface area contributed by atoms with E-state index in [1.165, 1.54) is 0 Å². The predicted molar refractivity (Wildman–Crippen MR) is 126 cm³/mol. The van der Waals surface area contributed by atoms with E-state index in [1.54, 1.807) is 26.2 Å². The number of urea groups is 1. The summed E-state index contributed by atoms with van der Waals surface area (Å²) in [6.07, 6.45) is -0.686. The fourth-order valence-electron chi connectivity index (χ4n) is 4.19. The molecular formula is C26H28N2O5. The van der Waals surface area contributed by atoms with E-state index in [-0.39, 0.29) is 12.6 Å². The molecule has 1 aliphatic heterocycles. The van der Waals surface area contributed by atoms with Crippen LogP contribution in [0.3, 0.4) is 0 Å². The lowest BCUT2D eigenvalue weighted by Gasteiger charge is -2.24. The maximum Gasteiger partial charge on any atom is 0.419 e. The first-order chi connectivity index (χ1) is 15.9. The SMILES string of the molecule is CCOc1cc([C@]2(C)CN(C(=O)N[C@H](C)c3cccc4ccccc34)C(=O)O2)ccc1OC. The Kier molecular flexibility index (Phi) is 6.14. The van der Waals surface area contributed by atoms with Gasteiger partial charge in [-0.3, -0.25) is 0 Å². The van der Waals surface area contributed by atoms with Crippen LogP contribution in [0, 0.1) is 0 Å². The quantitative estimate of drug-likeness (QED) is 0.547. The highest BCUT2D eigenvalue weighted by Gasteiger charge is 2.46. The number of carbonyl (C=O) groups is 2. The minimum atomic E-state index is -1.00. The number of nitrogens with zero attached hydrogens (tertiary/aromatic N) is 1. The van der Waals surface area contributed by atoms with Gasteiger partial charge in [0.15, 0.2) is 17.1 Å². The number of hydrogen-bond acceptors (Lipinski definition) is 5. The molecule has 1 saturated heterocycles. The Morgan fingerprint density at radius 2 is 1.91 bits per heavy atom. The smallest absolute Gasteiger partial charge is 0.419 e. The molecule has 1 N–H and O–H groups in total. The van der Waals surface area contributed by atoms with E-state index < -0.39 is 17.7 Å². The molecule has 3 aromatic carbocycles. The highest BCUT2D eigenvalue weighted by Crippen LogP contribution is 2.38. The summed E-state index contributed by atoms with van der Waals surface area (Å²) < 4.78 is 16.7. The first kappa shape index (κ1) is 22.5. The summed E-state index contributed by atoms with van der Waals surface area (Å²) >= 11 is 0. The number of rotatable bonds is 6. The van der Waals surface area contributed by atoms with Crippen molar-refractivity contribution >= 4 is 22.9 Å². The van der Waals surface area contributed by atoms with Gasteiger partial charge in [0.1, 0.15) is 0 Å². The molecule has 4 rings (SSSR count). The number of methoxy groups -OCH3 is 1. The molecule has 2 atom stereocenters. The van der Waals surface area contributed by atoms with Crippen LogP contribution in [0.2, 0.25) is 0 Å². The predicted octanol–water partition coefficient (Wildman–Crippen LogP) is 5.39. The third-order valence-corrected chi connectivity index (χ3v) is 5.94. The zero-order valence-electron chi connectivity index (χ0n) is 19.3. The molecule has 0 aliphatic carbocycles. The molecule has 172 valence electrons. The van der Waals surface area contributed by atoms with Crippen LogP contribution in [-0.4, -0.2) is 37.3 Å². The van der Waals surface area contributed by atoms with Gasteiger partial charge in [0, 0.05) is 5.56 Å². The van der Waals surface area contributed by atoms with Crippen LogP contribution in [0.5, 0.6) is 11.5 Å². The van der Waals surface area contributed by atoms with Crippen LogP contribution in [0.15, 0.2) is 60.7 Å². The van der Waals surface area contributed by atoms with E-state index in [0.717, 1.165) is 26.8 Å². The minimum absolute atomic E-state index is 0.0812. The van der Waals surface area contributed by atoms with Gasteiger partial charge in [-0.05, 0) is 49.2 Å². The summed E-state index contributed by atoms with van der Waals surface area (Å²) in [6, 6.07) is 18.5. The Balaban J connectivity index is 1.53. The van der Waals surface area contributed by atoms with Crippen molar-refractivity contribution < 1.29 is 23.8 Å². The Bertz CT molecular complexity index is 1190. The average molecular weight is 449 g/mol. The molecule has 0 spiro atoms. The van der Waals surface area contributed by atoms with Gasteiger partial charge in [-0.15, -0.1) is 0 Å². The molecule has 1 fully saturated rings. The summed E-state index contributed by atoms with van der Waals surface area (Å²) in [6.45, 7) is 6.11. The maximum absolute atomic E-state index is 13.0. The van der Waals surface area contributed by atoms with Crippen molar-refractivity contribution in [1.29, 1.82) is 0 Å². The van der Waals surface area contributed by atoms with Crippen LogP contribution >= 0.6 is 0 Å². The van der Waals surface area contributed by atoms with Gasteiger partial charge in [-0.2, -0.15) is 0 Å². The van der Waals surface area contributed by atoms with Gasteiger partial charge in [-0.25, -0.2) is 14.5 Å². The molecule has 0 bridgehead atoms. The highest BCUT2D eigenvalue weighted by atomic mass is 16.6. The van der Waals surface area contributed by atoms with E-state index in [9.17, 15) is 9.59 Å². The first-order valence-electron chi connectivity index (χ1n) is 11.0. The number of hydrogen-bond donors (Lipinski definition) is 1. The summed E-state index contributed by atoms with van der Waals surface area (Å²) in [5, 5.41) is 5.09. The summed E-state index contributed by atoms with van der Waals surface area (Å²) in [5.74, 6) is 1.15. The van der Waals surface area contributed by atoms with E-state index in [0.29, 0.717) is 18.1 Å². The van der Waals surface area contributed by atoms with Crippen molar-refractivity contribution in [3.63, 3.8) is 0 Å². The Labute approximate surface area is 193 Å². The number of fused-ring (bicyclic) bond motifs is 1. The molecule has 7 nitrogen and oxygen atoms in total. The monoisotopic (exact) mass is 448 g/mol. The van der Waals surface area contributed by atoms with Crippen LogP contribution in [0.4, 0.5) is 9.59 Å². The summed E-state index contributed by atoms with van der Waals surface area (Å²) in [7, 11) is 1.57. The zero-order chi connectivity index (χ0) is 23.6. The Morgan fingerprint density at radius 1 is 1.15 bits per heavy atom. The number of carbonyl (C=O) groups excluding carboxylic acids is 2. The third-order valence-electron chi connectivity index (χ3n) is 5.94. The summed E-state index contributed by atoms with van der Waals surface area (Å²) in [5.41, 5.74) is 0.695. The molecule has 1 aliphatic rings. The van der Waals surface area contributed by atoms with Crippen LogP contribution in [0.1, 0.15) is 37.9 Å². The van der Waals surface area contributed by atoms with Gasteiger partial charge in [0.25, 0.3) is 0 Å². The van der Waals surface area contributed by atoms with E-state index in [2.05, 4.69) is 5.32 Å². The second-order valence-electron chi connectivity index (χ2n) is 8.22. The van der Waals surface area contributed by atoms with E-state index in [4.69, 9.17) is 14.2 Å². The zero-order valence-corrected chi connectivity index (χ0v) is 19.3. The van der Waals surface area contributed by atoms with Crippen molar-refractivity contribution in [2.24, 2.45) is 0 Å². The fourth-order valence-corrected chi connectivity index (χ4v) is 4.19. The molecule has 1 heterocycles. The van der Waals surface area contributed by atoms with Gasteiger partial charge in [0.05, 0.1) is 26.3 Å². The average Bonchev–Trinajstić information content (AvgIpc) is 3.14. The van der Waals surface area contributed by atoms with Gasteiger partial charge in [-0.1, -0.05) is 48.5 Å². The van der Waals surface area contributed by atoms with Crippen molar-refractivity contribution in [3.05, 3.63) is 71.8 Å². The molecule has 33 heavy (non-hydrogen) atoms. The molecular weight excluding hydrogens is 420 g/mol. The van der Waals surface area contributed by atoms with Crippen molar-refractivity contribution in [2.75, 3.05) is 20.3 Å². The number of cyclic esters (lactones) is 1. The molecule has 7 heteroatoms. The van der Waals surface area contributed by atoms with Crippen LogP contribution in [-0.2, 0) is 10.3 Å². The van der Waals surface area contributed by atoms with E-state index >= 15 is 0 Å². The topological polar surface area (TPSA) is 77.1 Å². The molecule has 0 aromatic heterocycles. The number of amides is 3. The van der Waals surface area contributed by atoms with Gasteiger partial charge >= 0.3 is 12.1 Å². The third kappa shape index (κ3) is 4.31. The number of ether oxygens (including phenoxy) is 3. The van der Waals surface area contributed by atoms with Gasteiger partial charge < -0.3 is 19.5 Å². The van der Waals surface area contributed by atoms with Crippen LogP contribution in [0.25, 0.3) is 10.8 Å². The number of benzene rings is 3. The summed E-state index contributed by atoms with van der Waals surface area (Å²) in [4.78, 5) is 26.8. The minimum Gasteiger partial charge on any atom is -0.493 e. The highest BCUT2D eigenvalue weighted by molar-refractivity contribution is 5.93. The number of imide groups is 1. The molecule has 0 radical (unpaired) electrons. The van der Waals surface area contributed by atoms with Crippen molar-refractivity contribution in [2.45, 2.75) is 32.4 Å². The van der Waals surface area contributed by atoms with Crippen LogP contribution < -0.4 is 14.8 Å². The van der Waals surface area contributed by atoms with Gasteiger partial charge in [0.2, 0.25) is 0 Å². The lowest BCUT2D eigenvalue weighted by molar-refractivity contribution is 0.0699. The lowest BCUT2D eigenvalue weighted by atomic mass is 9.95. The second kappa shape index (κ2) is 9.02. The first-order valence-corrected chi connectivity index (χ1v) is 11.0. The van der Waals surface area contributed by atoms with Crippen molar-refractivity contribution in [3.8, 4) is 11.5 Å². The normalized spacial score (nSPS) is 18.7. The second-order valence-corrected chi connectivity index (χ2v) is 8.22. The fraction of sp³-hybridized carbons (Fsp3) is 0.308. The Morgan fingerprint density at radius 3 is 2.67 bits per heavy atom. The molecule has 0 saturated carbocycles. The Hall–Kier alpha value is -3.74.